The summed E-state index contributed by atoms with van der Waals surface area (Å²) >= 11 is 0. The number of nitrogens with zero attached hydrogens (tertiary/aromatic N) is 5. The highest BCUT2D eigenvalue weighted by molar-refractivity contribution is 5.93. The number of fused-ring (bicyclic) bond motifs is 1. The molecule has 1 aliphatic heterocycles. The second-order valence-electron chi connectivity index (χ2n) is 7.25. The molecule has 3 aromatic rings. The molecule has 3 aromatic heterocycles. The van der Waals surface area contributed by atoms with Crippen molar-refractivity contribution in [3.8, 4) is 11.4 Å². The van der Waals surface area contributed by atoms with Crippen LogP contribution in [0, 0.1) is 5.92 Å². The second-order valence-corrected chi connectivity index (χ2v) is 7.25. The van der Waals surface area contributed by atoms with Crippen molar-refractivity contribution in [2.45, 2.75) is 32.4 Å². The molecular weight excluding hydrogens is 330 g/mol. The van der Waals surface area contributed by atoms with Gasteiger partial charge in [0.05, 0.1) is 6.54 Å². The predicted octanol–water partition coefficient (Wildman–Crippen LogP) is 2.49. The average molecular weight is 351 g/mol. The van der Waals surface area contributed by atoms with Gasteiger partial charge in [0.2, 0.25) is 0 Å². The van der Waals surface area contributed by atoms with Gasteiger partial charge in [0.1, 0.15) is 23.3 Å². The maximum atomic E-state index is 12.9. The molecule has 0 radical (unpaired) electrons. The smallest absolute Gasteiger partial charge is 0.270 e. The van der Waals surface area contributed by atoms with Crippen LogP contribution in [0.3, 0.4) is 0 Å². The standard InChI is InChI=1S/C19H21N5O2/c1-22-7-2-3-17(22)19(25)23-8-6-16-14(10-23)18(15-11-26-12-20-15)21-24(16)9-13-4-5-13/h2-3,7,11-13H,4-6,8-10H2,1H3. The molecular formula is C19H21N5O2. The van der Waals surface area contributed by atoms with Crippen LogP contribution in [-0.2, 0) is 26.6 Å². The molecule has 0 saturated heterocycles. The molecule has 134 valence electrons. The minimum Gasteiger partial charge on any atom is -0.451 e. The van der Waals surface area contributed by atoms with Crippen molar-refractivity contribution >= 4 is 5.91 Å². The Balaban J connectivity index is 1.50. The molecule has 7 nitrogen and oxygen atoms in total. The zero-order valence-electron chi connectivity index (χ0n) is 14.8. The second kappa shape index (κ2) is 5.86. The number of hydrogen-bond acceptors (Lipinski definition) is 4. The Morgan fingerprint density at radius 2 is 2.27 bits per heavy atom. The predicted molar refractivity (Wildman–Crippen MR) is 94.3 cm³/mol. The molecule has 0 spiro atoms. The fourth-order valence-corrected chi connectivity index (χ4v) is 3.74. The van der Waals surface area contributed by atoms with Gasteiger partial charge in [-0.3, -0.25) is 9.48 Å². The lowest BCUT2D eigenvalue weighted by Crippen LogP contribution is -2.37. The molecule has 2 aliphatic rings. The van der Waals surface area contributed by atoms with E-state index >= 15 is 0 Å². The number of rotatable bonds is 4. The lowest BCUT2D eigenvalue weighted by atomic mass is 10.0. The summed E-state index contributed by atoms with van der Waals surface area (Å²) in [4.78, 5) is 19.1. The SMILES string of the molecule is Cn1cccc1C(=O)N1CCc2c(c(-c3cocn3)nn2CC2CC2)C1. The lowest BCUT2D eigenvalue weighted by Gasteiger charge is -2.28. The lowest BCUT2D eigenvalue weighted by molar-refractivity contribution is 0.0723. The molecule has 1 amide bonds. The fraction of sp³-hybridized carbons (Fsp3) is 0.421. The summed E-state index contributed by atoms with van der Waals surface area (Å²) in [5.74, 6) is 0.802. The van der Waals surface area contributed by atoms with Crippen LogP contribution in [0.25, 0.3) is 11.4 Å². The number of carbonyl (C=O) groups excluding carboxylic acids is 1. The first-order valence-corrected chi connectivity index (χ1v) is 9.08. The fourth-order valence-electron chi connectivity index (χ4n) is 3.74. The van der Waals surface area contributed by atoms with Gasteiger partial charge in [0.25, 0.3) is 5.91 Å². The van der Waals surface area contributed by atoms with Gasteiger partial charge in [0.15, 0.2) is 6.39 Å². The van der Waals surface area contributed by atoms with E-state index < -0.39 is 0 Å². The van der Waals surface area contributed by atoms with E-state index in [0.717, 1.165) is 35.8 Å². The Morgan fingerprint density at radius 3 is 2.96 bits per heavy atom. The Morgan fingerprint density at radius 1 is 1.38 bits per heavy atom. The van der Waals surface area contributed by atoms with Crippen LogP contribution in [0.5, 0.6) is 0 Å². The van der Waals surface area contributed by atoms with Crippen LogP contribution >= 0.6 is 0 Å². The van der Waals surface area contributed by atoms with Crippen LogP contribution in [0.1, 0.15) is 34.6 Å². The third-order valence-corrected chi connectivity index (χ3v) is 5.39. The summed E-state index contributed by atoms with van der Waals surface area (Å²) in [6.07, 6.45) is 8.34. The third-order valence-electron chi connectivity index (χ3n) is 5.39. The highest BCUT2D eigenvalue weighted by Crippen LogP contribution is 2.34. The zero-order valence-corrected chi connectivity index (χ0v) is 14.8. The highest BCUT2D eigenvalue weighted by atomic mass is 16.3. The topological polar surface area (TPSA) is 69.1 Å². The van der Waals surface area contributed by atoms with Gasteiger partial charge in [0, 0.05) is 44.0 Å². The molecule has 0 bridgehead atoms. The maximum absolute atomic E-state index is 12.9. The number of hydrogen-bond donors (Lipinski definition) is 0. The van der Waals surface area contributed by atoms with Gasteiger partial charge in [-0.25, -0.2) is 4.98 Å². The maximum Gasteiger partial charge on any atom is 0.270 e. The van der Waals surface area contributed by atoms with Crippen molar-refractivity contribution < 1.29 is 9.21 Å². The van der Waals surface area contributed by atoms with Crippen molar-refractivity contribution in [1.82, 2.24) is 24.2 Å². The Bertz CT molecular complexity index is 949. The van der Waals surface area contributed by atoms with Gasteiger partial charge < -0.3 is 13.9 Å². The van der Waals surface area contributed by atoms with Crippen LogP contribution < -0.4 is 0 Å². The quantitative estimate of drug-likeness (QED) is 0.724. The summed E-state index contributed by atoms with van der Waals surface area (Å²) in [5, 5.41) is 4.84. The van der Waals surface area contributed by atoms with Crippen LogP contribution in [0.15, 0.2) is 35.4 Å². The first-order valence-electron chi connectivity index (χ1n) is 9.08. The summed E-state index contributed by atoms with van der Waals surface area (Å²) in [6.45, 7) is 2.24. The van der Waals surface area contributed by atoms with Crippen molar-refractivity contribution in [2.75, 3.05) is 6.54 Å². The molecule has 0 N–H and O–H groups in total. The van der Waals surface area contributed by atoms with E-state index in [-0.39, 0.29) is 5.91 Å². The van der Waals surface area contributed by atoms with Crippen molar-refractivity contribution in [1.29, 1.82) is 0 Å². The van der Waals surface area contributed by atoms with Crippen molar-refractivity contribution in [2.24, 2.45) is 13.0 Å². The largest absolute Gasteiger partial charge is 0.451 e. The van der Waals surface area contributed by atoms with E-state index in [1.165, 1.54) is 24.9 Å². The summed E-state index contributed by atoms with van der Waals surface area (Å²) < 4.78 is 9.18. The van der Waals surface area contributed by atoms with Crippen LogP contribution in [0.2, 0.25) is 0 Å². The van der Waals surface area contributed by atoms with Gasteiger partial charge in [-0.1, -0.05) is 0 Å². The number of carbonyl (C=O) groups is 1. The molecule has 1 aliphatic carbocycles. The molecule has 0 unspecified atom stereocenters. The molecule has 4 heterocycles. The van der Waals surface area contributed by atoms with Crippen LogP contribution in [0.4, 0.5) is 0 Å². The molecule has 0 atom stereocenters. The molecule has 1 fully saturated rings. The summed E-state index contributed by atoms with van der Waals surface area (Å²) in [5.41, 5.74) is 4.64. The van der Waals surface area contributed by atoms with Gasteiger partial charge >= 0.3 is 0 Å². The third kappa shape index (κ3) is 2.55. The Hall–Kier alpha value is -2.83. The Kier molecular flexibility index (Phi) is 3.48. The first kappa shape index (κ1) is 15.4. The number of aromatic nitrogens is 4. The number of amides is 1. The number of aryl methyl sites for hydroxylation is 1. The van der Waals surface area contributed by atoms with E-state index in [0.29, 0.717) is 18.8 Å². The monoisotopic (exact) mass is 351 g/mol. The van der Waals surface area contributed by atoms with Gasteiger partial charge in [-0.15, -0.1) is 0 Å². The Labute approximate surface area is 151 Å². The summed E-state index contributed by atoms with van der Waals surface area (Å²) in [7, 11) is 1.90. The summed E-state index contributed by atoms with van der Waals surface area (Å²) in [6, 6.07) is 3.77. The molecule has 0 aromatic carbocycles. The minimum absolute atomic E-state index is 0.0594. The van der Waals surface area contributed by atoms with E-state index in [4.69, 9.17) is 9.52 Å². The molecule has 26 heavy (non-hydrogen) atoms. The number of oxazole rings is 1. The highest BCUT2D eigenvalue weighted by Gasteiger charge is 2.32. The van der Waals surface area contributed by atoms with E-state index in [1.54, 1.807) is 6.26 Å². The van der Waals surface area contributed by atoms with E-state index in [2.05, 4.69) is 9.67 Å². The van der Waals surface area contributed by atoms with Gasteiger partial charge in [-0.05, 0) is 30.9 Å². The normalized spacial score (nSPS) is 16.7. The zero-order chi connectivity index (χ0) is 17.7. The molecule has 1 saturated carbocycles. The average Bonchev–Trinajstić information content (AvgIpc) is 3.02. The minimum atomic E-state index is 0.0594. The van der Waals surface area contributed by atoms with Crippen LogP contribution in [-0.4, -0.2) is 36.7 Å². The van der Waals surface area contributed by atoms with Gasteiger partial charge in [-0.2, -0.15) is 5.10 Å². The van der Waals surface area contributed by atoms with E-state index in [1.807, 2.05) is 34.8 Å². The molecule has 5 rings (SSSR count). The first-order chi connectivity index (χ1) is 12.7. The van der Waals surface area contributed by atoms with Crippen molar-refractivity contribution in [3.05, 3.63) is 47.9 Å². The molecule has 7 heteroatoms. The van der Waals surface area contributed by atoms with E-state index in [9.17, 15) is 4.79 Å². The van der Waals surface area contributed by atoms with Crippen molar-refractivity contribution in [3.63, 3.8) is 0 Å².